The highest BCUT2D eigenvalue weighted by Crippen LogP contribution is 2.31. The van der Waals surface area contributed by atoms with Gasteiger partial charge in [0.1, 0.15) is 5.82 Å². The minimum absolute atomic E-state index is 0.106. The summed E-state index contributed by atoms with van der Waals surface area (Å²) in [4.78, 5) is 17.0. The Balaban J connectivity index is 2.20. The fourth-order valence-electron chi connectivity index (χ4n) is 1.58. The number of hydrogen-bond acceptors (Lipinski definition) is 3. The lowest BCUT2D eigenvalue weighted by atomic mass is 10.2. The van der Waals surface area contributed by atoms with Crippen LogP contribution in [0.25, 0.3) is 0 Å². The Hall–Kier alpha value is -1.29. The van der Waals surface area contributed by atoms with E-state index in [1.54, 1.807) is 0 Å². The molecule has 5 heteroatoms. The van der Waals surface area contributed by atoms with E-state index in [-0.39, 0.29) is 10.6 Å². The van der Waals surface area contributed by atoms with Crippen molar-refractivity contribution in [3.63, 3.8) is 0 Å². The molecule has 16 heavy (non-hydrogen) atoms. The van der Waals surface area contributed by atoms with Crippen LogP contribution in [-0.4, -0.2) is 29.7 Å². The van der Waals surface area contributed by atoms with Gasteiger partial charge in [0.15, 0.2) is 0 Å². The molecular formula is C11H13ClN2O2. The van der Waals surface area contributed by atoms with Crippen molar-refractivity contribution in [1.82, 2.24) is 4.98 Å². The predicted octanol–water partition coefficient (Wildman–Crippen LogP) is 2.28. The zero-order valence-electron chi connectivity index (χ0n) is 8.98. The van der Waals surface area contributed by atoms with Gasteiger partial charge in [0.25, 0.3) is 0 Å². The van der Waals surface area contributed by atoms with E-state index in [0.29, 0.717) is 5.82 Å². The van der Waals surface area contributed by atoms with E-state index in [0.717, 1.165) is 12.5 Å². The number of pyridine rings is 1. The van der Waals surface area contributed by atoms with Crippen molar-refractivity contribution < 1.29 is 9.90 Å². The molecule has 0 aliphatic heterocycles. The van der Waals surface area contributed by atoms with Gasteiger partial charge in [0, 0.05) is 19.8 Å². The van der Waals surface area contributed by atoms with Gasteiger partial charge in [-0.25, -0.2) is 9.78 Å². The number of aromatic nitrogens is 1. The maximum Gasteiger partial charge on any atom is 0.337 e. The van der Waals surface area contributed by atoms with Crippen molar-refractivity contribution in [3.8, 4) is 0 Å². The fraction of sp³-hybridized carbons (Fsp3) is 0.455. The van der Waals surface area contributed by atoms with Crippen molar-refractivity contribution in [2.45, 2.75) is 12.8 Å². The minimum Gasteiger partial charge on any atom is -0.478 e. The number of nitrogens with zero attached hydrogens (tertiary/aromatic N) is 2. The van der Waals surface area contributed by atoms with E-state index in [2.05, 4.69) is 4.98 Å². The summed E-state index contributed by atoms with van der Waals surface area (Å²) in [6.45, 7) is 0.924. The second kappa shape index (κ2) is 4.29. The summed E-state index contributed by atoms with van der Waals surface area (Å²) in [6.07, 6.45) is 3.90. The molecule has 0 spiro atoms. The number of aromatic carboxylic acids is 1. The van der Waals surface area contributed by atoms with Crippen LogP contribution in [0.1, 0.15) is 23.2 Å². The normalized spacial score (nSPS) is 14.9. The molecule has 1 N–H and O–H groups in total. The van der Waals surface area contributed by atoms with Crippen LogP contribution in [0.2, 0.25) is 5.02 Å². The Morgan fingerprint density at radius 2 is 2.38 bits per heavy atom. The van der Waals surface area contributed by atoms with Crippen LogP contribution >= 0.6 is 11.6 Å². The van der Waals surface area contributed by atoms with Gasteiger partial charge in [-0.15, -0.1) is 0 Å². The standard InChI is InChI=1S/C11H13ClN2O2/c1-14(6-7-2-3-7)10-4-8(11(15)16)9(12)5-13-10/h4-5,7H,2-3,6H2,1H3,(H,15,16). The van der Waals surface area contributed by atoms with Crippen LogP contribution in [0.15, 0.2) is 12.3 Å². The van der Waals surface area contributed by atoms with Crippen LogP contribution in [0, 0.1) is 5.92 Å². The van der Waals surface area contributed by atoms with Crippen molar-refractivity contribution in [2.24, 2.45) is 5.92 Å². The number of carboxylic acids is 1. The summed E-state index contributed by atoms with van der Waals surface area (Å²) in [5.41, 5.74) is 0.106. The summed E-state index contributed by atoms with van der Waals surface area (Å²) in [6, 6.07) is 1.52. The third-order valence-corrected chi connectivity index (χ3v) is 2.99. The van der Waals surface area contributed by atoms with Crippen LogP contribution in [0.4, 0.5) is 5.82 Å². The first-order valence-corrected chi connectivity index (χ1v) is 5.55. The molecule has 0 amide bonds. The predicted molar refractivity (Wildman–Crippen MR) is 62.2 cm³/mol. The highest BCUT2D eigenvalue weighted by molar-refractivity contribution is 6.33. The van der Waals surface area contributed by atoms with E-state index in [1.165, 1.54) is 25.1 Å². The van der Waals surface area contributed by atoms with Gasteiger partial charge in [-0.2, -0.15) is 0 Å². The summed E-state index contributed by atoms with van der Waals surface area (Å²) in [5.74, 6) is 0.373. The lowest BCUT2D eigenvalue weighted by molar-refractivity contribution is 0.0697. The average molecular weight is 241 g/mol. The molecule has 1 aliphatic rings. The second-order valence-electron chi connectivity index (χ2n) is 4.15. The van der Waals surface area contributed by atoms with Crippen LogP contribution < -0.4 is 4.90 Å². The lowest BCUT2D eigenvalue weighted by Gasteiger charge is -2.18. The van der Waals surface area contributed by atoms with Gasteiger partial charge in [-0.1, -0.05) is 11.6 Å². The minimum atomic E-state index is -1.02. The van der Waals surface area contributed by atoms with Crippen molar-refractivity contribution >= 4 is 23.4 Å². The van der Waals surface area contributed by atoms with E-state index >= 15 is 0 Å². The van der Waals surface area contributed by atoms with E-state index < -0.39 is 5.97 Å². The van der Waals surface area contributed by atoms with Gasteiger partial charge in [0.2, 0.25) is 0 Å². The van der Waals surface area contributed by atoms with Crippen LogP contribution in [0.5, 0.6) is 0 Å². The van der Waals surface area contributed by atoms with Crippen molar-refractivity contribution in [1.29, 1.82) is 0 Å². The molecule has 1 heterocycles. The third-order valence-electron chi connectivity index (χ3n) is 2.69. The van der Waals surface area contributed by atoms with Gasteiger partial charge in [-0.3, -0.25) is 0 Å². The molecule has 1 aromatic heterocycles. The fourth-order valence-corrected chi connectivity index (χ4v) is 1.77. The molecule has 0 aromatic carbocycles. The second-order valence-corrected chi connectivity index (χ2v) is 4.56. The molecule has 1 fully saturated rings. The quantitative estimate of drug-likeness (QED) is 0.877. The number of halogens is 1. The molecule has 0 unspecified atom stereocenters. The first-order valence-electron chi connectivity index (χ1n) is 5.18. The SMILES string of the molecule is CN(CC1CC1)c1cc(C(=O)O)c(Cl)cn1. The Bertz CT molecular complexity index is 418. The Labute approximate surface area is 98.9 Å². The Kier molecular flexibility index (Phi) is 3.01. The van der Waals surface area contributed by atoms with Gasteiger partial charge >= 0.3 is 5.97 Å². The Morgan fingerprint density at radius 3 is 2.94 bits per heavy atom. The molecule has 4 nitrogen and oxygen atoms in total. The smallest absolute Gasteiger partial charge is 0.337 e. The molecule has 0 saturated heterocycles. The summed E-state index contributed by atoms with van der Waals surface area (Å²) >= 11 is 5.75. The highest BCUT2D eigenvalue weighted by atomic mass is 35.5. The molecule has 2 rings (SSSR count). The van der Waals surface area contributed by atoms with E-state index in [1.807, 2.05) is 11.9 Å². The summed E-state index contributed by atoms with van der Waals surface area (Å²) in [5, 5.41) is 9.11. The van der Waals surface area contributed by atoms with Crippen LogP contribution in [-0.2, 0) is 0 Å². The van der Waals surface area contributed by atoms with Crippen LogP contribution in [0.3, 0.4) is 0 Å². The first kappa shape index (κ1) is 11.2. The molecule has 1 aliphatic carbocycles. The summed E-state index contributed by atoms with van der Waals surface area (Å²) < 4.78 is 0. The zero-order valence-corrected chi connectivity index (χ0v) is 9.74. The van der Waals surface area contributed by atoms with Gasteiger partial charge in [-0.05, 0) is 24.8 Å². The Morgan fingerprint density at radius 1 is 1.69 bits per heavy atom. The van der Waals surface area contributed by atoms with E-state index in [9.17, 15) is 4.79 Å². The van der Waals surface area contributed by atoms with Gasteiger partial charge < -0.3 is 10.0 Å². The third kappa shape index (κ3) is 2.44. The summed E-state index contributed by atoms with van der Waals surface area (Å²) in [7, 11) is 1.92. The highest BCUT2D eigenvalue weighted by Gasteiger charge is 2.23. The molecule has 0 radical (unpaired) electrons. The maximum atomic E-state index is 10.9. The van der Waals surface area contributed by atoms with Gasteiger partial charge in [0.05, 0.1) is 10.6 Å². The zero-order chi connectivity index (χ0) is 11.7. The molecule has 86 valence electrons. The topological polar surface area (TPSA) is 53.4 Å². The lowest BCUT2D eigenvalue weighted by Crippen LogP contribution is -2.21. The molecule has 0 atom stereocenters. The molecule has 1 saturated carbocycles. The van der Waals surface area contributed by atoms with Crippen molar-refractivity contribution in [2.75, 3.05) is 18.5 Å². The number of anilines is 1. The number of carboxylic acid groups (broad SMARTS) is 1. The molecule has 1 aromatic rings. The van der Waals surface area contributed by atoms with Crippen molar-refractivity contribution in [3.05, 3.63) is 22.8 Å². The number of hydrogen-bond donors (Lipinski definition) is 1. The maximum absolute atomic E-state index is 10.9. The van der Waals surface area contributed by atoms with E-state index in [4.69, 9.17) is 16.7 Å². The monoisotopic (exact) mass is 240 g/mol. The average Bonchev–Trinajstić information content (AvgIpc) is 3.01. The molecular weight excluding hydrogens is 228 g/mol. The largest absolute Gasteiger partial charge is 0.478 e. The first-order chi connectivity index (χ1) is 7.58. The number of carbonyl (C=O) groups is 1. The molecule has 0 bridgehead atoms. The number of rotatable bonds is 4.